The fourth-order valence-electron chi connectivity index (χ4n) is 1.62. The molecule has 0 N–H and O–H groups in total. The van der Waals surface area contributed by atoms with Crippen molar-refractivity contribution in [3.05, 3.63) is 35.4 Å². The van der Waals surface area contributed by atoms with Gasteiger partial charge in [0.05, 0.1) is 11.4 Å². The molecule has 0 bridgehead atoms. The minimum atomic E-state index is -3.71. The summed E-state index contributed by atoms with van der Waals surface area (Å²) in [5.41, 5.74) is 0.278. The molecular weight excluding hydrogens is 285 g/mol. The second-order valence-electron chi connectivity index (χ2n) is 4.39. The van der Waals surface area contributed by atoms with Crippen LogP contribution in [0.3, 0.4) is 0 Å². The first-order valence-corrected chi connectivity index (χ1v) is 7.20. The summed E-state index contributed by atoms with van der Waals surface area (Å²) in [6.45, 7) is 1.54. The number of aryl methyl sites for hydroxylation is 2. The summed E-state index contributed by atoms with van der Waals surface area (Å²) >= 11 is 0. The van der Waals surface area contributed by atoms with Crippen molar-refractivity contribution in [2.45, 2.75) is 18.4 Å². The van der Waals surface area contributed by atoms with Crippen LogP contribution in [-0.4, -0.2) is 40.0 Å². The average Bonchev–Trinajstić information content (AvgIpc) is 2.78. The molecule has 0 amide bonds. The van der Waals surface area contributed by atoms with E-state index in [4.69, 9.17) is 0 Å². The van der Waals surface area contributed by atoms with E-state index in [1.54, 1.807) is 7.05 Å². The maximum atomic E-state index is 13.2. The normalized spacial score (nSPS) is 12.1. The van der Waals surface area contributed by atoms with Crippen molar-refractivity contribution in [3.8, 4) is 0 Å². The van der Waals surface area contributed by atoms with Crippen molar-refractivity contribution >= 4 is 10.0 Å². The molecule has 0 atom stereocenters. The summed E-state index contributed by atoms with van der Waals surface area (Å²) in [4.78, 5) is 0.0361. The highest BCUT2D eigenvalue weighted by Crippen LogP contribution is 2.18. The van der Waals surface area contributed by atoms with E-state index in [1.165, 1.54) is 30.8 Å². The molecular formula is C11H14FN5O2S. The van der Waals surface area contributed by atoms with Crippen molar-refractivity contribution in [2.75, 3.05) is 7.05 Å². The van der Waals surface area contributed by atoms with E-state index in [0.29, 0.717) is 5.82 Å². The fourth-order valence-corrected chi connectivity index (χ4v) is 2.83. The molecule has 1 aromatic heterocycles. The molecule has 1 aromatic carbocycles. The predicted octanol–water partition coefficient (Wildman–Crippen LogP) is 0.478. The highest BCUT2D eigenvalue weighted by Gasteiger charge is 2.23. The second kappa shape index (κ2) is 5.25. The summed E-state index contributed by atoms with van der Waals surface area (Å²) in [5.74, 6) is -0.0287. The standard InChI is InChI=1S/C11H14FN5O2S/c1-8-6-9(4-5-10(8)12)20(18,19)16(2)7-11-13-14-15-17(11)3/h4-6H,7H2,1-3H3. The third kappa shape index (κ3) is 2.68. The van der Waals surface area contributed by atoms with Crippen LogP contribution in [0, 0.1) is 12.7 Å². The summed E-state index contributed by atoms with van der Waals surface area (Å²) in [6, 6.07) is 3.68. The Morgan fingerprint density at radius 1 is 1.40 bits per heavy atom. The molecule has 0 fully saturated rings. The third-order valence-electron chi connectivity index (χ3n) is 2.91. The Hall–Kier alpha value is -1.87. The van der Waals surface area contributed by atoms with Gasteiger partial charge in [-0.15, -0.1) is 5.10 Å². The summed E-state index contributed by atoms with van der Waals surface area (Å²) in [5, 5.41) is 10.8. The molecule has 7 nitrogen and oxygen atoms in total. The fraction of sp³-hybridized carbons (Fsp3) is 0.364. The topological polar surface area (TPSA) is 81.0 Å². The molecule has 2 rings (SSSR count). The van der Waals surface area contributed by atoms with Crippen molar-refractivity contribution in [3.63, 3.8) is 0 Å². The molecule has 108 valence electrons. The van der Waals surface area contributed by atoms with Crippen LogP contribution in [-0.2, 0) is 23.6 Å². The van der Waals surface area contributed by atoms with E-state index >= 15 is 0 Å². The van der Waals surface area contributed by atoms with E-state index in [9.17, 15) is 12.8 Å². The lowest BCUT2D eigenvalue weighted by Gasteiger charge is -2.16. The first-order chi connectivity index (χ1) is 9.32. The van der Waals surface area contributed by atoms with Crippen LogP contribution >= 0.6 is 0 Å². The molecule has 0 aliphatic rings. The van der Waals surface area contributed by atoms with Crippen LogP contribution in [0.25, 0.3) is 0 Å². The number of benzene rings is 1. The maximum Gasteiger partial charge on any atom is 0.243 e. The molecule has 0 spiro atoms. The number of halogens is 1. The van der Waals surface area contributed by atoms with Gasteiger partial charge in [0.25, 0.3) is 0 Å². The lowest BCUT2D eigenvalue weighted by atomic mass is 10.2. The lowest BCUT2D eigenvalue weighted by Crippen LogP contribution is -2.28. The van der Waals surface area contributed by atoms with E-state index in [2.05, 4.69) is 15.5 Å². The summed E-state index contributed by atoms with van der Waals surface area (Å²) < 4.78 is 40.4. The van der Waals surface area contributed by atoms with Gasteiger partial charge in [-0.05, 0) is 41.1 Å². The maximum absolute atomic E-state index is 13.2. The number of nitrogens with zero attached hydrogens (tertiary/aromatic N) is 5. The largest absolute Gasteiger partial charge is 0.243 e. The van der Waals surface area contributed by atoms with Gasteiger partial charge >= 0.3 is 0 Å². The Morgan fingerprint density at radius 2 is 2.10 bits per heavy atom. The van der Waals surface area contributed by atoms with Gasteiger partial charge in [0, 0.05) is 14.1 Å². The van der Waals surface area contributed by atoms with Crippen LogP contribution in [0.4, 0.5) is 4.39 Å². The zero-order valence-corrected chi connectivity index (χ0v) is 12.1. The van der Waals surface area contributed by atoms with Gasteiger partial charge < -0.3 is 0 Å². The van der Waals surface area contributed by atoms with Gasteiger partial charge in [-0.3, -0.25) is 0 Å². The zero-order chi connectivity index (χ0) is 14.9. The van der Waals surface area contributed by atoms with Crippen LogP contribution < -0.4 is 0 Å². The number of hydrogen-bond donors (Lipinski definition) is 0. The SMILES string of the molecule is Cc1cc(S(=O)(=O)N(C)Cc2nnnn2C)ccc1F. The van der Waals surface area contributed by atoms with E-state index < -0.39 is 15.8 Å². The van der Waals surface area contributed by atoms with Gasteiger partial charge in [0.1, 0.15) is 5.82 Å². The number of rotatable bonds is 4. The number of aromatic nitrogens is 4. The molecule has 20 heavy (non-hydrogen) atoms. The van der Waals surface area contributed by atoms with Crippen molar-refractivity contribution in [1.82, 2.24) is 24.5 Å². The van der Waals surface area contributed by atoms with Crippen molar-refractivity contribution < 1.29 is 12.8 Å². The molecule has 1 heterocycles. The van der Waals surface area contributed by atoms with Crippen LogP contribution in [0.2, 0.25) is 0 Å². The van der Waals surface area contributed by atoms with E-state index in [0.717, 1.165) is 10.4 Å². The van der Waals surface area contributed by atoms with Gasteiger partial charge in [-0.25, -0.2) is 17.5 Å². The highest BCUT2D eigenvalue weighted by molar-refractivity contribution is 7.89. The Labute approximate surface area is 116 Å². The molecule has 2 aromatic rings. The monoisotopic (exact) mass is 299 g/mol. The zero-order valence-electron chi connectivity index (χ0n) is 11.3. The summed E-state index contributed by atoms with van der Waals surface area (Å²) in [7, 11) is -0.671. The van der Waals surface area contributed by atoms with Crippen molar-refractivity contribution in [1.29, 1.82) is 0 Å². The van der Waals surface area contributed by atoms with Gasteiger partial charge in [-0.2, -0.15) is 4.31 Å². The predicted molar refractivity (Wildman–Crippen MR) is 68.6 cm³/mol. The van der Waals surface area contributed by atoms with Crippen LogP contribution in [0.1, 0.15) is 11.4 Å². The molecule has 9 heteroatoms. The van der Waals surface area contributed by atoms with Gasteiger partial charge in [-0.1, -0.05) is 0 Å². The molecule has 0 radical (unpaired) electrons. The Kier molecular flexibility index (Phi) is 3.82. The highest BCUT2D eigenvalue weighted by atomic mass is 32.2. The molecule has 0 unspecified atom stereocenters. The minimum absolute atomic E-state index is 0.0300. The Balaban J connectivity index is 2.29. The number of tetrazole rings is 1. The third-order valence-corrected chi connectivity index (χ3v) is 4.71. The number of hydrogen-bond acceptors (Lipinski definition) is 5. The van der Waals surface area contributed by atoms with Crippen LogP contribution in [0.15, 0.2) is 23.1 Å². The van der Waals surface area contributed by atoms with Gasteiger partial charge in [0.15, 0.2) is 5.82 Å². The van der Waals surface area contributed by atoms with Crippen LogP contribution in [0.5, 0.6) is 0 Å². The Morgan fingerprint density at radius 3 is 2.65 bits per heavy atom. The first-order valence-electron chi connectivity index (χ1n) is 5.76. The Bertz CT molecular complexity index is 728. The molecule has 0 aliphatic carbocycles. The molecule has 0 aliphatic heterocycles. The lowest BCUT2D eigenvalue weighted by molar-refractivity contribution is 0.447. The number of sulfonamides is 1. The second-order valence-corrected chi connectivity index (χ2v) is 6.44. The van der Waals surface area contributed by atoms with E-state index in [-0.39, 0.29) is 17.0 Å². The average molecular weight is 299 g/mol. The quantitative estimate of drug-likeness (QED) is 0.820. The molecule has 0 saturated heterocycles. The van der Waals surface area contributed by atoms with Crippen molar-refractivity contribution in [2.24, 2.45) is 7.05 Å². The van der Waals surface area contributed by atoms with E-state index in [1.807, 2.05) is 0 Å². The molecule has 0 saturated carbocycles. The van der Waals surface area contributed by atoms with Gasteiger partial charge in [0.2, 0.25) is 10.0 Å². The first kappa shape index (κ1) is 14.5. The minimum Gasteiger partial charge on any atom is -0.231 e. The summed E-state index contributed by atoms with van der Waals surface area (Å²) in [6.07, 6.45) is 0. The smallest absolute Gasteiger partial charge is 0.231 e.